The van der Waals surface area contributed by atoms with Crippen molar-refractivity contribution in [3.63, 3.8) is 0 Å². The standard InChI is InChI=1S/C14H13ClFNO2/c1-19-14-5-2-10(15)6-9(14)8-17-11-3-4-13(18)12(16)7-11/h2-7,17-18H,8H2,1H3. The lowest BCUT2D eigenvalue weighted by molar-refractivity contribution is 0.410. The lowest BCUT2D eigenvalue weighted by Gasteiger charge is -2.11. The number of phenols is 1. The molecule has 0 aliphatic carbocycles. The summed E-state index contributed by atoms with van der Waals surface area (Å²) in [6.07, 6.45) is 0. The maximum absolute atomic E-state index is 13.2. The van der Waals surface area contributed by atoms with Gasteiger partial charge in [0.1, 0.15) is 5.75 Å². The predicted octanol–water partition coefficient (Wildman–Crippen LogP) is 3.81. The highest BCUT2D eigenvalue weighted by Crippen LogP contribution is 2.25. The van der Waals surface area contributed by atoms with Crippen LogP contribution in [0.4, 0.5) is 10.1 Å². The van der Waals surface area contributed by atoms with E-state index >= 15 is 0 Å². The summed E-state index contributed by atoms with van der Waals surface area (Å²) in [7, 11) is 1.58. The molecule has 0 saturated carbocycles. The zero-order valence-electron chi connectivity index (χ0n) is 10.3. The molecule has 5 heteroatoms. The summed E-state index contributed by atoms with van der Waals surface area (Å²) < 4.78 is 18.4. The molecular formula is C14H13ClFNO2. The first kappa shape index (κ1) is 13.5. The van der Waals surface area contributed by atoms with Crippen LogP contribution in [-0.4, -0.2) is 12.2 Å². The maximum Gasteiger partial charge on any atom is 0.166 e. The molecule has 3 nitrogen and oxygen atoms in total. The van der Waals surface area contributed by atoms with Crippen LogP contribution in [0.15, 0.2) is 36.4 Å². The number of hydrogen-bond acceptors (Lipinski definition) is 3. The second kappa shape index (κ2) is 5.80. The van der Waals surface area contributed by atoms with Crippen LogP contribution < -0.4 is 10.1 Å². The Labute approximate surface area is 115 Å². The van der Waals surface area contributed by atoms with Gasteiger partial charge in [0.2, 0.25) is 0 Å². The third-order valence-electron chi connectivity index (χ3n) is 2.67. The largest absolute Gasteiger partial charge is 0.505 e. The Hall–Kier alpha value is -1.94. The van der Waals surface area contributed by atoms with Crippen LogP contribution in [0.3, 0.4) is 0 Å². The van der Waals surface area contributed by atoms with Gasteiger partial charge in [-0.25, -0.2) is 4.39 Å². The molecule has 0 bridgehead atoms. The minimum Gasteiger partial charge on any atom is -0.505 e. The summed E-state index contributed by atoms with van der Waals surface area (Å²) in [5.74, 6) is -0.329. The fraction of sp³-hybridized carbons (Fsp3) is 0.143. The maximum atomic E-state index is 13.2. The van der Waals surface area contributed by atoms with Crippen molar-refractivity contribution in [3.8, 4) is 11.5 Å². The monoisotopic (exact) mass is 281 g/mol. The molecule has 0 aromatic heterocycles. The van der Waals surface area contributed by atoms with Crippen molar-refractivity contribution in [1.82, 2.24) is 0 Å². The normalized spacial score (nSPS) is 10.3. The van der Waals surface area contributed by atoms with Crippen LogP contribution in [0.25, 0.3) is 0 Å². The van der Waals surface area contributed by atoms with Gasteiger partial charge in [-0.05, 0) is 30.3 Å². The molecule has 2 N–H and O–H groups in total. The SMILES string of the molecule is COc1ccc(Cl)cc1CNc1ccc(O)c(F)c1. The topological polar surface area (TPSA) is 41.5 Å². The van der Waals surface area contributed by atoms with Crippen LogP contribution in [0, 0.1) is 5.82 Å². The van der Waals surface area contributed by atoms with Crippen LogP contribution in [-0.2, 0) is 6.54 Å². The van der Waals surface area contributed by atoms with Crippen molar-refractivity contribution in [2.45, 2.75) is 6.54 Å². The number of nitrogens with one attached hydrogen (secondary N) is 1. The number of aromatic hydroxyl groups is 1. The Bertz CT molecular complexity index is 590. The van der Waals surface area contributed by atoms with Gasteiger partial charge in [-0.3, -0.25) is 0 Å². The van der Waals surface area contributed by atoms with E-state index in [1.807, 2.05) is 0 Å². The fourth-order valence-electron chi connectivity index (χ4n) is 1.70. The molecule has 0 unspecified atom stereocenters. The lowest BCUT2D eigenvalue weighted by Crippen LogP contribution is -2.02. The summed E-state index contributed by atoms with van der Waals surface area (Å²) >= 11 is 5.93. The fourth-order valence-corrected chi connectivity index (χ4v) is 1.89. The molecule has 0 radical (unpaired) electrons. The zero-order chi connectivity index (χ0) is 13.8. The molecule has 0 atom stereocenters. The molecule has 100 valence electrons. The van der Waals surface area contributed by atoms with Gasteiger partial charge in [0.15, 0.2) is 11.6 Å². The molecule has 0 saturated heterocycles. The lowest BCUT2D eigenvalue weighted by atomic mass is 10.2. The highest BCUT2D eigenvalue weighted by Gasteiger charge is 2.05. The number of methoxy groups -OCH3 is 1. The van der Waals surface area contributed by atoms with Gasteiger partial charge in [0, 0.05) is 28.9 Å². The smallest absolute Gasteiger partial charge is 0.166 e. The third-order valence-corrected chi connectivity index (χ3v) is 2.91. The molecule has 2 aromatic rings. The zero-order valence-corrected chi connectivity index (χ0v) is 11.0. The molecule has 0 heterocycles. The van der Waals surface area contributed by atoms with Crippen LogP contribution in [0.2, 0.25) is 5.02 Å². The van der Waals surface area contributed by atoms with Gasteiger partial charge >= 0.3 is 0 Å². The van der Waals surface area contributed by atoms with Gasteiger partial charge < -0.3 is 15.2 Å². The number of ether oxygens (including phenoxy) is 1. The van der Waals surface area contributed by atoms with E-state index in [2.05, 4.69) is 5.32 Å². The van der Waals surface area contributed by atoms with E-state index in [9.17, 15) is 4.39 Å². The number of halogens is 2. The Morgan fingerprint density at radius 3 is 2.74 bits per heavy atom. The average Bonchev–Trinajstić information content (AvgIpc) is 2.40. The second-order valence-electron chi connectivity index (χ2n) is 3.98. The van der Waals surface area contributed by atoms with E-state index in [1.54, 1.807) is 31.4 Å². The predicted molar refractivity (Wildman–Crippen MR) is 73.4 cm³/mol. The summed E-state index contributed by atoms with van der Waals surface area (Å²) in [6, 6.07) is 9.42. The second-order valence-corrected chi connectivity index (χ2v) is 4.41. The van der Waals surface area contributed by atoms with Gasteiger partial charge in [0.05, 0.1) is 7.11 Å². The van der Waals surface area contributed by atoms with Gasteiger partial charge in [-0.2, -0.15) is 0 Å². The third kappa shape index (κ3) is 3.29. The van der Waals surface area contributed by atoms with Crippen molar-refractivity contribution in [1.29, 1.82) is 0 Å². The highest BCUT2D eigenvalue weighted by molar-refractivity contribution is 6.30. The van der Waals surface area contributed by atoms with Crippen LogP contribution >= 0.6 is 11.6 Å². The quantitative estimate of drug-likeness (QED) is 0.838. The first-order valence-corrected chi connectivity index (χ1v) is 6.03. The summed E-state index contributed by atoms with van der Waals surface area (Å²) in [5.41, 5.74) is 1.43. The van der Waals surface area contributed by atoms with E-state index in [-0.39, 0.29) is 5.75 Å². The van der Waals surface area contributed by atoms with Gasteiger partial charge in [-0.1, -0.05) is 11.6 Å². The van der Waals surface area contributed by atoms with Crippen molar-refractivity contribution in [3.05, 3.63) is 52.8 Å². The van der Waals surface area contributed by atoms with E-state index in [0.717, 1.165) is 5.56 Å². The first-order chi connectivity index (χ1) is 9.10. The highest BCUT2D eigenvalue weighted by atomic mass is 35.5. The molecular weight excluding hydrogens is 269 g/mol. The average molecular weight is 282 g/mol. The molecule has 0 spiro atoms. The molecule has 2 rings (SSSR count). The molecule has 0 aliphatic rings. The number of phenolic OH excluding ortho intramolecular Hbond substituents is 1. The van der Waals surface area contributed by atoms with Gasteiger partial charge in [-0.15, -0.1) is 0 Å². The summed E-state index contributed by atoms with van der Waals surface area (Å²) in [6.45, 7) is 0.438. The number of rotatable bonds is 4. The van der Waals surface area contributed by atoms with E-state index in [4.69, 9.17) is 21.4 Å². The van der Waals surface area contributed by atoms with Crippen molar-refractivity contribution >= 4 is 17.3 Å². The van der Waals surface area contributed by atoms with Gasteiger partial charge in [0.25, 0.3) is 0 Å². The Kier molecular flexibility index (Phi) is 4.12. The Morgan fingerprint density at radius 2 is 2.05 bits per heavy atom. The van der Waals surface area contributed by atoms with Crippen molar-refractivity contribution in [2.24, 2.45) is 0 Å². The number of benzene rings is 2. The van der Waals surface area contributed by atoms with Crippen molar-refractivity contribution in [2.75, 3.05) is 12.4 Å². The molecule has 0 fully saturated rings. The van der Waals surface area contributed by atoms with E-state index in [1.165, 1.54) is 12.1 Å². The Balaban J connectivity index is 2.13. The molecule has 19 heavy (non-hydrogen) atoms. The van der Waals surface area contributed by atoms with E-state index in [0.29, 0.717) is 23.0 Å². The van der Waals surface area contributed by atoms with Crippen LogP contribution in [0.1, 0.15) is 5.56 Å². The molecule has 0 aliphatic heterocycles. The molecule has 0 amide bonds. The Morgan fingerprint density at radius 1 is 1.26 bits per heavy atom. The molecule has 2 aromatic carbocycles. The summed E-state index contributed by atoms with van der Waals surface area (Å²) in [5, 5.41) is 12.8. The first-order valence-electron chi connectivity index (χ1n) is 5.65. The summed E-state index contributed by atoms with van der Waals surface area (Å²) in [4.78, 5) is 0. The number of anilines is 1. The minimum absolute atomic E-state index is 0.370. The van der Waals surface area contributed by atoms with E-state index < -0.39 is 5.82 Å². The van der Waals surface area contributed by atoms with Crippen molar-refractivity contribution < 1.29 is 14.2 Å². The minimum atomic E-state index is -0.664. The number of hydrogen-bond donors (Lipinski definition) is 2. The van der Waals surface area contributed by atoms with Crippen LogP contribution in [0.5, 0.6) is 11.5 Å².